The maximum absolute atomic E-state index is 13.8. The van der Waals surface area contributed by atoms with Gasteiger partial charge in [-0.3, -0.25) is 0 Å². The fourth-order valence-corrected chi connectivity index (χ4v) is 4.58. The Bertz CT molecular complexity index is 544. The van der Waals surface area contributed by atoms with Crippen molar-refractivity contribution in [1.82, 2.24) is 4.31 Å². The number of hydrogen-bond donors (Lipinski definition) is 0. The zero-order valence-electron chi connectivity index (χ0n) is 10.5. The quantitative estimate of drug-likeness (QED) is 0.857. The number of rotatable bonds is 4. The van der Waals surface area contributed by atoms with Crippen LogP contribution in [-0.2, 0) is 14.8 Å². The van der Waals surface area contributed by atoms with Crippen LogP contribution < -0.4 is 0 Å². The summed E-state index contributed by atoms with van der Waals surface area (Å²) in [5.41, 5.74) is 0. The third kappa shape index (κ3) is 2.76. The zero-order valence-corrected chi connectivity index (χ0v) is 12.0. The summed E-state index contributed by atoms with van der Waals surface area (Å²) in [6.07, 6.45) is 1.44. The highest BCUT2D eigenvalue weighted by Gasteiger charge is 2.37. The van der Waals surface area contributed by atoms with Crippen molar-refractivity contribution in [2.24, 2.45) is 0 Å². The van der Waals surface area contributed by atoms with Gasteiger partial charge in [-0.25, -0.2) is 12.8 Å². The highest BCUT2D eigenvalue weighted by atomic mass is 35.5. The Kier molecular flexibility index (Phi) is 4.45. The van der Waals surface area contributed by atoms with E-state index in [4.69, 9.17) is 16.3 Å². The van der Waals surface area contributed by atoms with Crippen molar-refractivity contribution >= 4 is 21.6 Å². The molecule has 1 heterocycles. The number of nitrogens with zero attached hydrogens (tertiary/aromatic N) is 1. The predicted octanol–water partition coefficient (Wildman–Crippen LogP) is 2.28. The lowest BCUT2D eigenvalue weighted by molar-refractivity contribution is 0.149. The maximum Gasteiger partial charge on any atom is 0.247 e. The molecule has 4 nitrogen and oxygen atoms in total. The first-order valence-corrected chi connectivity index (χ1v) is 7.75. The predicted molar refractivity (Wildman–Crippen MR) is 70.2 cm³/mol. The van der Waals surface area contributed by atoms with Crippen molar-refractivity contribution in [1.29, 1.82) is 0 Å². The van der Waals surface area contributed by atoms with Crippen LogP contribution in [0.5, 0.6) is 0 Å². The smallest absolute Gasteiger partial charge is 0.247 e. The topological polar surface area (TPSA) is 46.6 Å². The second-order valence-corrected chi connectivity index (χ2v) is 6.65. The van der Waals surface area contributed by atoms with E-state index < -0.39 is 20.7 Å². The lowest BCUT2D eigenvalue weighted by atomic mass is 10.2. The number of hydrogen-bond acceptors (Lipinski definition) is 3. The Morgan fingerprint density at radius 3 is 2.89 bits per heavy atom. The fourth-order valence-electron chi connectivity index (χ4n) is 2.33. The summed E-state index contributed by atoms with van der Waals surface area (Å²) < 4.78 is 45.1. The molecular weight excluding hydrogens is 293 g/mol. The third-order valence-electron chi connectivity index (χ3n) is 3.17. The molecular formula is C12H15ClFNO3S. The molecule has 0 radical (unpaired) electrons. The summed E-state index contributed by atoms with van der Waals surface area (Å²) >= 11 is 5.84. The molecule has 0 aliphatic carbocycles. The van der Waals surface area contributed by atoms with E-state index in [0.717, 1.165) is 12.5 Å². The molecule has 1 aromatic carbocycles. The van der Waals surface area contributed by atoms with Gasteiger partial charge in [0.25, 0.3) is 0 Å². The summed E-state index contributed by atoms with van der Waals surface area (Å²) in [6.45, 7) is 0.659. The molecule has 1 aromatic rings. The molecule has 1 fully saturated rings. The largest absolute Gasteiger partial charge is 0.383 e. The van der Waals surface area contributed by atoms with Gasteiger partial charge in [0.1, 0.15) is 10.7 Å². The van der Waals surface area contributed by atoms with Crippen LogP contribution in [0.15, 0.2) is 23.1 Å². The first-order chi connectivity index (χ1) is 8.98. The highest BCUT2D eigenvalue weighted by molar-refractivity contribution is 7.89. The summed E-state index contributed by atoms with van der Waals surface area (Å²) in [7, 11) is -2.41. The van der Waals surface area contributed by atoms with Crippen LogP contribution >= 0.6 is 11.6 Å². The maximum atomic E-state index is 13.8. The van der Waals surface area contributed by atoms with E-state index in [1.54, 1.807) is 0 Å². The molecule has 19 heavy (non-hydrogen) atoms. The monoisotopic (exact) mass is 307 g/mol. The second-order valence-electron chi connectivity index (χ2n) is 4.42. The fraction of sp³-hybridized carbons (Fsp3) is 0.500. The van der Waals surface area contributed by atoms with Crippen LogP contribution in [0.4, 0.5) is 4.39 Å². The summed E-state index contributed by atoms with van der Waals surface area (Å²) in [4.78, 5) is -0.445. The van der Waals surface area contributed by atoms with Crippen molar-refractivity contribution in [2.75, 3.05) is 20.3 Å². The minimum absolute atomic E-state index is 0.0944. The molecule has 0 saturated carbocycles. The SMILES string of the molecule is COC[C@H]1CCCN1S(=O)(=O)c1c(F)cccc1Cl. The van der Waals surface area contributed by atoms with Gasteiger partial charge in [-0.15, -0.1) is 0 Å². The number of halogens is 2. The van der Waals surface area contributed by atoms with Crippen molar-refractivity contribution in [2.45, 2.75) is 23.8 Å². The van der Waals surface area contributed by atoms with Crippen molar-refractivity contribution in [3.63, 3.8) is 0 Å². The molecule has 1 atom stereocenters. The Labute approximate surface area is 117 Å². The van der Waals surface area contributed by atoms with Gasteiger partial charge >= 0.3 is 0 Å². The lowest BCUT2D eigenvalue weighted by Crippen LogP contribution is -2.38. The van der Waals surface area contributed by atoms with Gasteiger partial charge < -0.3 is 4.74 Å². The van der Waals surface area contributed by atoms with Gasteiger partial charge in [-0.05, 0) is 25.0 Å². The number of methoxy groups -OCH3 is 1. The Morgan fingerprint density at radius 1 is 1.53 bits per heavy atom. The first kappa shape index (κ1) is 14.7. The summed E-state index contributed by atoms with van der Waals surface area (Å²) in [6, 6.07) is 3.59. The molecule has 0 N–H and O–H groups in total. The van der Waals surface area contributed by atoms with Crippen LogP contribution in [0, 0.1) is 5.82 Å². The van der Waals surface area contributed by atoms with E-state index in [2.05, 4.69) is 0 Å². The molecule has 1 aliphatic heterocycles. The van der Waals surface area contributed by atoms with Crippen molar-refractivity contribution in [3.8, 4) is 0 Å². The molecule has 2 rings (SSSR count). The van der Waals surface area contributed by atoms with Gasteiger partial charge in [-0.1, -0.05) is 17.7 Å². The molecule has 106 valence electrons. The molecule has 7 heteroatoms. The second kappa shape index (κ2) is 5.75. The molecule has 0 bridgehead atoms. The minimum atomic E-state index is -3.93. The van der Waals surface area contributed by atoms with Gasteiger partial charge in [0.15, 0.2) is 0 Å². The van der Waals surface area contributed by atoms with Crippen molar-refractivity contribution in [3.05, 3.63) is 29.0 Å². The Hall–Kier alpha value is -0.690. The van der Waals surface area contributed by atoms with Crippen molar-refractivity contribution < 1.29 is 17.5 Å². The highest BCUT2D eigenvalue weighted by Crippen LogP contribution is 2.31. The van der Waals surface area contributed by atoms with Crippen LogP contribution in [-0.4, -0.2) is 39.0 Å². The Balaban J connectivity index is 2.42. The van der Waals surface area contributed by atoms with E-state index in [-0.39, 0.29) is 11.1 Å². The molecule has 0 spiro atoms. The lowest BCUT2D eigenvalue weighted by Gasteiger charge is -2.24. The van der Waals surface area contributed by atoms with Gasteiger partial charge in [0.2, 0.25) is 10.0 Å². The number of sulfonamides is 1. The minimum Gasteiger partial charge on any atom is -0.383 e. The van der Waals surface area contributed by atoms with Crippen LogP contribution in [0.1, 0.15) is 12.8 Å². The summed E-state index contributed by atoms with van der Waals surface area (Å²) in [5.74, 6) is -0.824. The molecule has 0 amide bonds. The van der Waals surface area contributed by atoms with Gasteiger partial charge in [0.05, 0.1) is 11.6 Å². The van der Waals surface area contributed by atoms with Crippen LogP contribution in [0.3, 0.4) is 0 Å². The van der Waals surface area contributed by atoms with E-state index in [1.807, 2.05) is 0 Å². The van der Waals surface area contributed by atoms with E-state index >= 15 is 0 Å². The average molecular weight is 308 g/mol. The van der Waals surface area contributed by atoms with Gasteiger partial charge in [0, 0.05) is 19.7 Å². The molecule has 1 saturated heterocycles. The third-order valence-corrected chi connectivity index (χ3v) is 5.62. The van der Waals surface area contributed by atoms with E-state index in [9.17, 15) is 12.8 Å². The average Bonchev–Trinajstić information content (AvgIpc) is 2.78. The van der Waals surface area contributed by atoms with E-state index in [0.29, 0.717) is 19.6 Å². The Morgan fingerprint density at radius 2 is 2.26 bits per heavy atom. The number of ether oxygens (including phenoxy) is 1. The molecule has 0 aromatic heterocycles. The normalized spacial score (nSPS) is 20.9. The molecule has 1 aliphatic rings. The van der Waals surface area contributed by atoms with Gasteiger partial charge in [-0.2, -0.15) is 4.31 Å². The van der Waals surface area contributed by atoms with Crippen LogP contribution in [0.25, 0.3) is 0 Å². The zero-order chi connectivity index (χ0) is 14.0. The van der Waals surface area contributed by atoms with Crippen LogP contribution in [0.2, 0.25) is 5.02 Å². The standard InChI is InChI=1S/C12H15ClFNO3S/c1-18-8-9-4-3-7-15(9)19(16,17)12-10(13)5-2-6-11(12)14/h2,5-6,9H,3-4,7-8H2,1H3/t9-/m1/s1. The molecule has 0 unspecified atom stereocenters. The number of benzene rings is 1. The first-order valence-electron chi connectivity index (χ1n) is 5.93. The summed E-state index contributed by atoms with van der Waals surface area (Å²) in [5, 5.41) is -0.0944. The van der Waals surface area contributed by atoms with E-state index in [1.165, 1.54) is 23.5 Å².